The number of rotatable bonds is 11. The molecule has 4 rings (SSSR count). The molecule has 2 aromatic carbocycles. The fourth-order valence-electron chi connectivity index (χ4n) is 4.47. The molecule has 0 unspecified atom stereocenters. The van der Waals surface area contributed by atoms with Crippen LogP contribution in [0, 0.1) is 13.8 Å². The Morgan fingerprint density at radius 3 is 2.39 bits per heavy atom. The summed E-state index contributed by atoms with van der Waals surface area (Å²) in [5.41, 5.74) is 4.87. The zero-order valence-corrected chi connectivity index (χ0v) is 22.8. The van der Waals surface area contributed by atoms with Crippen LogP contribution >= 0.6 is 0 Å². The summed E-state index contributed by atoms with van der Waals surface area (Å²) in [6, 6.07) is 14.3. The maximum absolute atomic E-state index is 13.5. The number of aromatic nitrogens is 2. The van der Waals surface area contributed by atoms with Gasteiger partial charge in [0.05, 0.1) is 13.1 Å². The Morgan fingerprint density at radius 1 is 1.05 bits per heavy atom. The summed E-state index contributed by atoms with van der Waals surface area (Å²) in [7, 11) is 1.79. The zero-order valence-electron chi connectivity index (χ0n) is 22.8. The van der Waals surface area contributed by atoms with Gasteiger partial charge in [-0.1, -0.05) is 49.3 Å². The van der Waals surface area contributed by atoms with Gasteiger partial charge in [-0.3, -0.25) is 14.6 Å². The molecule has 1 aromatic heterocycles. The molecule has 1 aliphatic heterocycles. The van der Waals surface area contributed by atoms with Crippen LogP contribution in [-0.4, -0.2) is 71.2 Å². The number of fused-ring (bicyclic) bond motifs is 1. The molecule has 10 nitrogen and oxygen atoms in total. The van der Waals surface area contributed by atoms with E-state index >= 15 is 0 Å². The van der Waals surface area contributed by atoms with Crippen LogP contribution in [0.3, 0.4) is 0 Å². The quantitative estimate of drug-likeness (QED) is 0.373. The highest BCUT2D eigenvalue weighted by atomic mass is 16.5. The van der Waals surface area contributed by atoms with Crippen molar-refractivity contribution in [3.05, 3.63) is 65.0 Å². The zero-order chi connectivity index (χ0) is 27.2. The number of likely N-dealkylation sites (N-methyl/N-ethyl adjacent to an activating group) is 1. The molecular weight excluding hydrogens is 482 g/mol. The van der Waals surface area contributed by atoms with Gasteiger partial charge in [0.1, 0.15) is 0 Å². The monoisotopic (exact) mass is 519 g/mol. The van der Waals surface area contributed by atoms with Crippen molar-refractivity contribution < 1.29 is 14.1 Å². The average molecular weight is 520 g/mol. The van der Waals surface area contributed by atoms with E-state index in [2.05, 4.69) is 46.8 Å². The fraction of sp³-hybridized carbons (Fsp3) is 0.429. The number of aryl methyl sites for hydroxylation is 2. The molecule has 3 aromatic rings. The fourth-order valence-corrected chi connectivity index (χ4v) is 4.47. The lowest BCUT2D eigenvalue weighted by atomic mass is 10.1. The number of hydrazine groups is 1. The first kappa shape index (κ1) is 27.3. The lowest BCUT2D eigenvalue weighted by Crippen LogP contribution is -2.48. The van der Waals surface area contributed by atoms with Crippen molar-refractivity contribution in [2.75, 3.05) is 38.1 Å². The van der Waals surface area contributed by atoms with Crippen molar-refractivity contribution in [2.45, 2.75) is 46.8 Å². The van der Waals surface area contributed by atoms with Gasteiger partial charge in [-0.15, -0.1) is 0 Å². The molecular formula is C28H37N7O3. The van der Waals surface area contributed by atoms with Gasteiger partial charge in [0.15, 0.2) is 5.82 Å². The molecule has 0 fully saturated rings. The third-order valence-corrected chi connectivity index (χ3v) is 6.59. The average Bonchev–Trinajstić information content (AvgIpc) is 3.52. The standard InChI is InChI=1S/C28H37N7O3/c1-19(2)29-12-13-30-26(36)17-34(25-14-22(11-10-20(25)3)28-31-21(4)32-38-28)18-27(37)33(5)35-15-23-8-6-7-9-24(23)16-35/h6-11,14,19,29H,12-13,15-18H2,1-5H3,(H,30,36). The Hall–Kier alpha value is -3.76. The molecule has 0 bridgehead atoms. The minimum Gasteiger partial charge on any atom is -0.353 e. The second kappa shape index (κ2) is 12.2. The van der Waals surface area contributed by atoms with Gasteiger partial charge in [-0.2, -0.15) is 4.98 Å². The summed E-state index contributed by atoms with van der Waals surface area (Å²) in [5, 5.41) is 13.8. The van der Waals surface area contributed by atoms with Gasteiger partial charge < -0.3 is 20.1 Å². The number of carbonyl (C=O) groups excluding carboxylic acids is 2. The number of nitrogens with one attached hydrogen (secondary N) is 2. The molecule has 2 heterocycles. The Labute approximate surface area is 224 Å². The van der Waals surface area contributed by atoms with E-state index in [0.29, 0.717) is 43.9 Å². The molecule has 2 N–H and O–H groups in total. The first-order chi connectivity index (χ1) is 18.2. The smallest absolute Gasteiger partial charge is 0.257 e. The Balaban J connectivity index is 1.52. The minimum absolute atomic E-state index is 0.0359. The van der Waals surface area contributed by atoms with E-state index in [-0.39, 0.29) is 24.9 Å². The van der Waals surface area contributed by atoms with Crippen LogP contribution in [0.1, 0.15) is 36.4 Å². The van der Waals surface area contributed by atoms with E-state index in [1.54, 1.807) is 19.0 Å². The van der Waals surface area contributed by atoms with Crippen LogP contribution in [0.15, 0.2) is 47.0 Å². The number of amides is 2. The number of carbonyl (C=O) groups is 2. The van der Waals surface area contributed by atoms with Gasteiger partial charge in [-0.05, 0) is 42.7 Å². The second-order valence-corrected chi connectivity index (χ2v) is 9.97. The lowest BCUT2D eigenvalue weighted by Gasteiger charge is -2.32. The normalized spacial score (nSPS) is 13.0. The maximum atomic E-state index is 13.5. The molecule has 0 atom stereocenters. The van der Waals surface area contributed by atoms with Gasteiger partial charge in [0.25, 0.3) is 11.8 Å². The largest absolute Gasteiger partial charge is 0.353 e. The van der Waals surface area contributed by atoms with E-state index in [1.165, 1.54) is 11.1 Å². The molecule has 10 heteroatoms. The van der Waals surface area contributed by atoms with Gasteiger partial charge in [-0.25, -0.2) is 5.01 Å². The van der Waals surface area contributed by atoms with Crippen LogP contribution in [-0.2, 0) is 22.7 Å². The summed E-state index contributed by atoms with van der Waals surface area (Å²) in [6.07, 6.45) is 0. The van der Waals surface area contributed by atoms with E-state index < -0.39 is 0 Å². The van der Waals surface area contributed by atoms with Gasteiger partial charge in [0.2, 0.25) is 5.91 Å². The predicted molar refractivity (Wildman–Crippen MR) is 146 cm³/mol. The maximum Gasteiger partial charge on any atom is 0.257 e. The van der Waals surface area contributed by atoms with Gasteiger partial charge >= 0.3 is 0 Å². The van der Waals surface area contributed by atoms with E-state index in [4.69, 9.17) is 4.52 Å². The molecule has 0 aliphatic carbocycles. The van der Waals surface area contributed by atoms with Crippen LogP contribution in [0.2, 0.25) is 0 Å². The summed E-state index contributed by atoms with van der Waals surface area (Å²) in [5.74, 6) is 0.673. The summed E-state index contributed by atoms with van der Waals surface area (Å²) < 4.78 is 5.36. The SMILES string of the molecule is Cc1noc(-c2ccc(C)c(N(CC(=O)NCCNC(C)C)CC(=O)N(C)N3Cc4ccccc4C3)c2)n1. The van der Waals surface area contributed by atoms with Crippen molar-refractivity contribution in [1.82, 2.24) is 30.8 Å². The molecule has 0 saturated heterocycles. The van der Waals surface area contributed by atoms with E-state index in [1.807, 2.05) is 47.2 Å². The molecule has 0 spiro atoms. The van der Waals surface area contributed by atoms with Crippen molar-refractivity contribution in [1.29, 1.82) is 0 Å². The van der Waals surface area contributed by atoms with Crippen LogP contribution < -0.4 is 15.5 Å². The van der Waals surface area contributed by atoms with Crippen LogP contribution in [0.4, 0.5) is 5.69 Å². The van der Waals surface area contributed by atoms with Gasteiger partial charge in [0, 0.05) is 50.5 Å². The van der Waals surface area contributed by atoms with Crippen molar-refractivity contribution in [2.24, 2.45) is 0 Å². The van der Waals surface area contributed by atoms with Crippen molar-refractivity contribution in [3.8, 4) is 11.5 Å². The minimum atomic E-state index is -0.155. The van der Waals surface area contributed by atoms with E-state index in [0.717, 1.165) is 16.8 Å². The summed E-state index contributed by atoms with van der Waals surface area (Å²) in [4.78, 5) is 32.6. The van der Waals surface area contributed by atoms with Crippen molar-refractivity contribution in [3.63, 3.8) is 0 Å². The number of nitrogens with zero attached hydrogens (tertiary/aromatic N) is 5. The first-order valence-electron chi connectivity index (χ1n) is 13.0. The highest BCUT2D eigenvalue weighted by Crippen LogP contribution is 2.28. The molecule has 0 saturated carbocycles. The summed E-state index contributed by atoms with van der Waals surface area (Å²) >= 11 is 0. The highest BCUT2D eigenvalue weighted by molar-refractivity contribution is 5.87. The third-order valence-electron chi connectivity index (χ3n) is 6.59. The molecule has 2 amide bonds. The molecule has 0 radical (unpaired) electrons. The third kappa shape index (κ3) is 6.76. The van der Waals surface area contributed by atoms with Crippen LogP contribution in [0.5, 0.6) is 0 Å². The van der Waals surface area contributed by atoms with Crippen molar-refractivity contribution >= 4 is 17.5 Å². The molecule has 202 valence electrons. The summed E-state index contributed by atoms with van der Waals surface area (Å²) in [6.45, 7) is 10.4. The number of hydrogen-bond acceptors (Lipinski definition) is 8. The Bertz CT molecular complexity index is 1250. The first-order valence-corrected chi connectivity index (χ1v) is 13.0. The second-order valence-electron chi connectivity index (χ2n) is 9.97. The lowest BCUT2D eigenvalue weighted by molar-refractivity contribution is -0.145. The topological polar surface area (TPSA) is 107 Å². The Morgan fingerprint density at radius 2 is 1.76 bits per heavy atom. The predicted octanol–water partition coefficient (Wildman–Crippen LogP) is 2.66. The molecule has 1 aliphatic rings. The number of anilines is 1. The molecule has 38 heavy (non-hydrogen) atoms. The van der Waals surface area contributed by atoms with E-state index in [9.17, 15) is 9.59 Å². The number of hydrogen-bond donors (Lipinski definition) is 2. The number of benzene rings is 2. The van der Waals surface area contributed by atoms with Crippen LogP contribution in [0.25, 0.3) is 11.5 Å². The highest BCUT2D eigenvalue weighted by Gasteiger charge is 2.27. The Kier molecular flexibility index (Phi) is 8.75.